The Bertz CT molecular complexity index is 140. The van der Waals surface area contributed by atoms with Gasteiger partial charge in [-0.1, -0.05) is 31.6 Å². The summed E-state index contributed by atoms with van der Waals surface area (Å²) in [6.07, 6.45) is 5.32. The Morgan fingerprint density at radius 3 is 2.27 bits per heavy atom. The van der Waals surface area contributed by atoms with Crippen molar-refractivity contribution >= 4 is 0 Å². The van der Waals surface area contributed by atoms with Crippen molar-refractivity contribution < 1.29 is 0 Å². The first-order valence-corrected chi connectivity index (χ1v) is 4.37. The first-order valence-electron chi connectivity index (χ1n) is 4.37. The molecule has 0 radical (unpaired) electrons. The number of allylic oxidation sites excluding steroid dienone is 3. The van der Waals surface area contributed by atoms with E-state index in [2.05, 4.69) is 40.3 Å². The van der Waals surface area contributed by atoms with Crippen LogP contribution >= 0.6 is 0 Å². The molecule has 0 spiro atoms. The molecule has 0 amide bonds. The highest BCUT2D eigenvalue weighted by Gasteiger charge is 2.11. The highest BCUT2D eigenvalue weighted by Crippen LogP contribution is 2.23. The minimum Gasteiger partial charge on any atom is -0.103 e. The molecule has 0 rings (SSSR count). The Labute approximate surface area is 71.0 Å². The van der Waals surface area contributed by atoms with Crippen LogP contribution in [-0.2, 0) is 0 Å². The second-order valence-electron chi connectivity index (χ2n) is 3.41. The van der Waals surface area contributed by atoms with E-state index in [1.807, 2.05) is 6.08 Å². The monoisotopic (exact) mass is 152 g/mol. The van der Waals surface area contributed by atoms with Crippen molar-refractivity contribution in [3.63, 3.8) is 0 Å². The Morgan fingerprint density at radius 2 is 2.00 bits per heavy atom. The van der Waals surface area contributed by atoms with E-state index >= 15 is 0 Å². The SMILES string of the molecule is C=CC[C@@H](/C(C)=C\C)C(C)C. The molecule has 1 atom stereocenters. The summed E-state index contributed by atoms with van der Waals surface area (Å²) in [7, 11) is 0. The fourth-order valence-electron chi connectivity index (χ4n) is 1.38. The van der Waals surface area contributed by atoms with Crippen LogP contribution in [0.2, 0.25) is 0 Å². The molecule has 0 heteroatoms. The minimum atomic E-state index is 0.692. The van der Waals surface area contributed by atoms with Crippen LogP contribution < -0.4 is 0 Å². The number of rotatable bonds is 4. The van der Waals surface area contributed by atoms with Crippen LogP contribution in [0.1, 0.15) is 34.1 Å². The van der Waals surface area contributed by atoms with Gasteiger partial charge in [-0.3, -0.25) is 0 Å². The standard InChI is InChI=1S/C11H20/c1-6-8-11(9(3)4)10(5)7-2/h6-7,9,11H,1,8H2,2-5H3/b10-7-/t11-/m1/s1. The van der Waals surface area contributed by atoms with Crippen molar-refractivity contribution in [1.82, 2.24) is 0 Å². The molecule has 0 aromatic heterocycles. The number of hydrogen-bond donors (Lipinski definition) is 0. The molecule has 0 heterocycles. The smallest absolute Gasteiger partial charge is 0.0149 e. The molecule has 64 valence electrons. The predicted octanol–water partition coefficient (Wildman–Crippen LogP) is 3.80. The average molecular weight is 152 g/mol. The lowest BCUT2D eigenvalue weighted by Gasteiger charge is -2.19. The molecule has 0 aromatic carbocycles. The number of hydrogen-bond acceptors (Lipinski definition) is 0. The van der Waals surface area contributed by atoms with Gasteiger partial charge < -0.3 is 0 Å². The van der Waals surface area contributed by atoms with Crippen LogP contribution in [0.4, 0.5) is 0 Å². The van der Waals surface area contributed by atoms with Crippen LogP contribution in [-0.4, -0.2) is 0 Å². The molecule has 0 fully saturated rings. The minimum absolute atomic E-state index is 0.692. The van der Waals surface area contributed by atoms with E-state index in [4.69, 9.17) is 0 Å². The van der Waals surface area contributed by atoms with Crippen molar-refractivity contribution in [3.8, 4) is 0 Å². The molecule has 0 aromatic rings. The molecular formula is C11H20. The van der Waals surface area contributed by atoms with E-state index in [9.17, 15) is 0 Å². The van der Waals surface area contributed by atoms with E-state index in [-0.39, 0.29) is 0 Å². The molecular weight excluding hydrogens is 132 g/mol. The molecule has 0 aliphatic rings. The Kier molecular flexibility index (Phi) is 4.93. The van der Waals surface area contributed by atoms with Gasteiger partial charge in [-0.05, 0) is 32.1 Å². The lowest BCUT2D eigenvalue weighted by molar-refractivity contribution is 0.447. The quantitative estimate of drug-likeness (QED) is 0.537. The normalized spacial score (nSPS) is 15.2. The second-order valence-corrected chi connectivity index (χ2v) is 3.41. The fraction of sp³-hybridized carbons (Fsp3) is 0.636. The van der Waals surface area contributed by atoms with Gasteiger partial charge in [-0.2, -0.15) is 0 Å². The van der Waals surface area contributed by atoms with Gasteiger partial charge in [0.1, 0.15) is 0 Å². The zero-order chi connectivity index (χ0) is 8.85. The van der Waals surface area contributed by atoms with E-state index in [0.717, 1.165) is 12.3 Å². The van der Waals surface area contributed by atoms with Gasteiger partial charge in [0.05, 0.1) is 0 Å². The van der Waals surface area contributed by atoms with Crippen LogP contribution in [0.5, 0.6) is 0 Å². The molecule has 0 aliphatic carbocycles. The third-order valence-electron chi connectivity index (χ3n) is 2.27. The van der Waals surface area contributed by atoms with Gasteiger partial charge in [-0.15, -0.1) is 6.58 Å². The van der Waals surface area contributed by atoms with Crippen LogP contribution in [0.15, 0.2) is 24.3 Å². The second kappa shape index (κ2) is 5.17. The fourth-order valence-corrected chi connectivity index (χ4v) is 1.38. The molecule has 0 nitrogen and oxygen atoms in total. The molecule has 0 bridgehead atoms. The molecule has 0 saturated heterocycles. The third kappa shape index (κ3) is 3.41. The predicted molar refractivity (Wildman–Crippen MR) is 52.6 cm³/mol. The molecule has 0 aliphatic heterocycles. The molecule has 11 heavy (non-hydrogen) atoms. The largest absolute Gasteiger partial charge is 0.103 e. The van der Waals surface area contributed by atoms with Crippen LogP contribution in [0, 0.1) is 11.8 Å². The van der Waals surface area contributed by atoms with Crippen LogP contribution in [0.3, 0.4) is 0 Å². The molecule has 0 saturated carbocycles. The van der Waals surface area contributed by atoms with E-state index in [1.165, 1.54) is 5.57 Å². The summed E-state index contributed by atoms with van der Waals surface area (Å²) in [5.41, 5.74) is 1.49. The third-order valence-corrected chi connectivity index (χ3v) is 2.27. The summed E-state index contributed by atoms with van der Waals surface area (Å²) in [5, 5.41) is 0. The molecule has 0 N–H and O–H groups in total. The lowest BCUT2D eigenvalue weighted by Crippen LogP contribution is -2.08. The molecule has 0 unspecified atom stereocenters. The Balaban J connectivity index is 4.20. The van der Waals surface area contributed by atoms with Gasteiger partial charge in [0.25, 0.3) is 0 Å². The lowest BCUT2D eigenvalue weighted by atomic mass is 9.86. The summed E-state index contributed by atoms with van der Waals surface area (Å²) in [6, 6.07) is 0. The van der Waals surface area contributed by atoms with Gasteiger partial charge in [0.15, 0.2) is 0 Å². The first-order chi connectivity index (χ1) is 5.13. The topological polar surface area (TPSA) is 0 Å². The van der Waals surface area contributed by atoms with Crippen LogP contribution in [0.25, 0.3) is 0 Å². The van der Waals surface area contributed by atoms with Crippen molar-refractivity contribution in [1.29, 1.82) is 0 Å². The first kappa shape index (κ1) is 10.5. The maximum Gasteiger partial charge on any atom is -0.0149 e. The van der Waals surface area contributed by atoms with Crippen molar-refractivity contribution in [2.45, 2.75) is 34.1 Å². The van der Waals surface area contributed by atoms with E-state index < -0.39 is 0 Å². The van der Waals surface area contributed by atoms with Gasteiger partial charge in [-0.25, -0.2) is 0 Å². The zero-order valence-electron chi connectivity index (χ0n) is 8.22. The maximum absolute atomic E-state index is 3.77. The summed E-state index contributed by atoms with van der Waals surface area (Å²) in [5.74, 6) is 1.42. The summed E-state index contributed by atoms with van der Waals surface area (Å²) >= 11 is 0. The van der Waals surface area contributed by atoms with Crippen molar-refractivity contribution in [2.24, 2.45) is 11.8 Å². The maximum atomic E-state index is 3.77. The van der Waals surface area contributed by atoms with Crippen molar-refractivity contribution in [3.05, 3.63) is 24.3 Å². The van der Waals surface area contributed by atoms with Gasteiger partial charge >= 0.3 is 0 Å². The van der Waals surface area contributed by atoms with E-state index in [1.54, 1.807) is 0 Å². The van der Waals surface area contributed by atoms with E-state index in [0.29, 0.717) is 5.92 Å². The highest BCUT2D eigenvalue weighted by atomic mass is 14.2. The Morgan fingerprint density at radius 1 is 1.45 bits per heavy atom. The van der Waals surface area contributed by atoms with Gasteiger partial charge in [0, 0.05) is 0 Å². The average Bonchev–Trinajstić information content (AvgIpc) is 1.98. The highest BCUT2D eigenvalue weighted by molar-refractivity contribution is 5.04. The Hall–Kier alpha value is -0.520. The summed E-state index contributed by atoms with van der Waals surface area (Å²) in [4.78, 5) is 0. The summed E-state index contributed by atoms with van der Waals surface area (Å²) < 4.78 is 0. The zero-order valence-corrected chi connectivity index (χ0v) is 8.22. The summed E-state index contributed by atoms with van der Waals surface area (Å²) in [6.45, 7) is 12.6. The van der Waals surface area contributed by atoms with Crippen molar-refractivity contribution in [2.75, 3.05) is 0 Å². The van der Waals surface area contributed by atoms with Gasteiger partial charge in [0.2, 0.25) is 0 Å².